The van der Waals surface area contributed by atoms with E-state index in [0.717, 1.165) is 20.5 Å². The van der Waals surface area contributed by atoms with Crippen LogP contribution >= 0.6 is 11.3 Å². The number of hydrogen-bond donors (Lipinski definition) is 2. The molecular formula is C22H19N5O3S. The van der Waals surface area contributed by atoms with E-state index >= 15 is 0 Å². The minimum Gasteiger partial charge on any atom is -0.321 e. The van der Waals surface area contributed by atoms with Gasteiger partial charge in [-0.25, -0.2) is 9.67 Å². The Morgan fingerprint density at radius 3 is 2.65 bits per heavy atom. The first-order chi connectivity index (χ1) is 15.0. The molecule has 8 nitrogen and oxygen atoms in total. The molecule has 0 aliphatic heterocycles. The number of anilines is 2. The number of thiazole rings is 1. The number of carbonyl (C=O) groups is 2. The number of nitrogens with one attached hydrogen (secondary N) is 2. The van der Waals surface area contributed by atoms with Crippen LogP contribution in [0, 0.1) is 6.92 Å². The van der Waals surface area contributed by atoms with Crippen molar-refractivity contribution in [3.05, 3.63) is 82.3 Å². The summed E-state index contributed by atoms with van der Waals surface area (Å²) in [4.78, 5) is 41.2. The second kappa shape index (κ2) is 8.88. The molecule has 9 heteroatoms. The molecule has 0 fully saturated rings. The maximum absolute atomic E-state index is 12.4. The van der Waals surface area contributed by atoms with Gasteiger partial charge in [0.15, 0.2) is 5.13 Å². The number of para-hydroxylation sites is 1. The molecule has 2 aromatic carbocycles. The summed E-state index contributed by atoms with van der Waals surface area (Å²) in [5, 5.41) is 10.1. The predicted octanol–water partition coefficient (Wildman–Crippen LogP) is 3.44. The highest BCUT2D eigenvalue weighted by molar-refractivity contribution is 7.22. The molecule has 4 aromatic rings. The molecule has 0 aliphatic rings. The van der Waals surface area contributed by atoms with E-state index in [4.69, 9.17) is 0 Å². The van der Waals surface area contributed by atoms with E-state index in [-0.39, 0.29) is 30.1 Å². The van der Waals surface area contributed by atoms with Crippen LogP contribution in [0.15, 0.2) is 65.5 Å². The summed E-state index contributed by atoms with van der Waals surface area (Å²) < 4.78 is 2.10. The zero-order chi connectivity index (χ0) is 21.8. The fraction of sp³-hybridized carbons (Fsp3) is 0.136. The van der Waals surface area contributed by atoms with Gasteiger partial charge in [0.05, 0.1) is 16.8 Å². The average Bonchev–Trinajstić information content (AvgIpc) is 3.15. The normalized spacial score (nSPS) is 10.7. The molecule has 0 unspecified atom stereocenters. The third-order valence-corrected chi connectivity index (χ3v) is 5.41. The number of amides is 2. The first-order valence-corrected chi connectivity index (χ1v) is 10.4. The Labute approximate surface area is 181 Å². The van der Waals surface area contributed by atoms with E-state index in [2.05, 4.69) is 20.7 Å². The van der Waals surface area contributed by atoms with Crippen LogP contribution < -0.4 is 16.2 Å². The minimum atomic E-state index is -0.436. The van der Waals surface area contributed by atoms with E-state index in [1.54, 1.807) is 24.3 Å². The molecule has 2 N–H and O–H groups in total. The molecule has 156 valence electrons. The molecule has 0 bridgehead atoms. The third-order valence-electron chi connectivity index (χ3n) is 4.47. The average molecular weight is 433 g/mol. The largest absolute Gasteiger partial charge is 0.321 e. The van der Waals surface area contributed by atoms with Crippen molar-refractivity contribution < 1.29 is 9.59 Å². The van der Waals surface area contributed by atoms with Gasteiger partial charge in [-0.2, -0.15) is 5.10 Å². The zero-order valence-corrected chi connectivity index (χ0v) is 17.5. The molecule has 0 spiro atoms. The van der Waals surface area contributed by atoms with E-state index in [1.165, 1.54) is 23.5 Å². The zero-order valence-electron chi connectivity index (χ0n) is 16.7. The SMILES string of the molecule is Cc1ccc2nc(NC(=O)CCn3nc(C(=O)Nc4ccccc4)ccc3=O)sc2c1. The van der Waals surface area contributed by atoms with Crippen molar-refractivity contribution in [3.63, 3.8) is 0 Å². The molecule has 0 saturated heterocycles. The molecule has 0 atom stereocenters. The number of nitrogens with zero attached hydrogens (tertiary/aromatic N) is 3. The Kier molecular flexibility index (Phi) is 5.85. The van der Waals surface area contributed by atoms with Crippen molar-refractivity contribution in [1.29, 1.82) is 0 Å². The van der Waals surface area contributed by atoms with Gasteiger partial charge in [-0.05, 0) is 42.8 Å². The van der Waals surface area contributed by atoms with E-state index in [9.17, 15) is 14.4 Å². The maximum atomic E-state index is 12.4. The lowest BCUT2D eigenvalue weighted by atomic mass is 10.2. The number of fused-ring (bicyclic) bond motifs is 1. The fourth-order valence-corrected chi connectivity index (χ4v) is 3.90. The number of aryl methyl sites for hydroxylation is 2. The number of aromatic nitrogens is 3. The number of rotatable bonds is 6. The second-order valence-corrected chi connectivity index (χ2v) is 7.92. The van der Waals surface area contributed by atoms with Crippen LogP contribution in [0.4, 0.5) is 10.8 Å². The summed E-state index contributed by atoms with van der Waals surface area (Å²) in [5.74, 6) is -0.724. The summed E-state index contributed by atoms with van der Waals surface area (Å²) in [6.07, 6.45) is 0.0195. The van der Waals surface area contributed by atoms with Crippen LogP contribution in [0.5, 0.6) is 0 Å². The number of benzene rings is 2. The van der Waals surface area contributed by atoms with Crippen molar-refractivity contribution in [2.45, 2.75) is 19.9 Å². The van der Waals surface area contributed by atoms with Gasteiger partial charge in [-0.3, -0.25) is 14.4 Å². The van der Waals surface area contributed by atoms with Gasteiger partial charge in [0.25, 0.3) is 11.5 Å². The van der Waals surface area contributed by atoms with E-state index in [1.807, 2.05) is 31.2 Å². The highest BCUT2D eigenvalue weighted by atomic mass is 32.1. The Morgan fingerprint density at radius 2 is 1.84 bits per heavy atom. The second-order valence-electron chi connectivity index (χ2n) is 6.89. The van der Waals surface area contributed by atoms with Crippen LogP contribution in [0.25, 0.3) is 10.2 Å². The highest BCUT2D eigenvalue weighted by Gasteiger charge is 2.12. The van der Waals surface area contributed by atoms with Gasteiger partial charge in [-0.15, -0.1) is 0 Å². The molecule has 0 saturated carbocycles. The fourth-order valence-electron chi connectivity index (χ4n) is 2.92. The van der Waals surface area contributed by atoms with Crippen molar-refractivity contribution in [2.24, 2.45) is 0 Å². The Morgan fingerprint density at radius 1 is 1.03 bits per heavy atom. The Bertz CT molecular complexity index is 1310. The van der Waals surface area contributed by atoms with Gasteiger partial charge < -0.3 is 10.6 Å². The molecule has 31 heavy (non-hydrogen) atoms. The lowest BCUT2D eigenvalue weighted by Gasteiger charge is -2.08. The van der Waals surface area contributed by atoms with Gasteiger partial charge in [0.1, 0.15) is 5.69 Å². The number of hydrogen-bond acceptors (Lipinski definition) is 6. The summed E-state index contributed by atoms with van der Waals surface area (Å²) in [6, 6.07) is 17.5. The molecule has 0 radical (unpaired) electrons. The highest BCUT2D eigenvalue weighted by Crippen LogP contribution is 2.26. The van der Waals surface area contributed by atoms with Gasteiger partial charge in [0, 0.05) is 18.2 Å². The lowest BCUT2D eigenvalue weighted by molar-refractivity contribution is -0.116. The van der Waals surface area contributed by atoms with Crippen molar-refractivity contribution in [1.82, 2.24) is 14.8 Å². The summed E-state index contributed by atoms with van der Waals surface area (Å²) in [5.41, 5.74) is 2.26. The van der Waals surface area contributed by atoms with Crippen molar-refractivity contribution in [3.8, 4) is 0 Å². The first-order valence-electron chi connectivity index (χ1n) is 9.59. The molecular weight excluding hydrogens is 414 g/mol. The smallest absolute Gasteiger partial charge is 0.276 e. The predicted molar refractivity (Wildman–Crippen MR) is 120 cm³/mol. The van der Waals surface area contributed by atoms with Crippen molar-refractivity contribution >= 4 is 44.2 Å². The topological polar surface area (TPSA) is 106 Å². The minimum absolute atomic E-state index is 0.0195. The Hall–Kier alpha value is -3.85. The first kappa shape index (κ1) is 20.4. The lowest BCUT2D eigenvalue weighted by Crippen LogP contribution is -2.28. The standard InChI is InChI=1S/C22H19N5O3S/c1-14-7-8-16-18(13-14)31-22(24-16)25-19(28)11-12-27-20(29)10-9-17(26-27)21(30)23-15-5-3-2-4-6-15/h2-10,13H,11-12H2,1H3,(H,23,30)(H,24,25,28). The monoisotopic (exact) mass is 433 g/mol. The van der Waals surface area contributed by atoms with Crippen LogP contribution in [-0.4, -0.2) is 26.6 Å². The maximum Gasteiger partial charge on any atom is 0.276 e. The summed E-state index contributed by atoms with van der Waals surface area (Å²) in [6.45, 7) is 2.04. The van der Waals surface area contributed by atoms with Crippen LogP contribution in [0.2, 0.25) is 0 Å². The van der Waals surface area contributed by atoms with Crippen LogP contribution in [0.1, 0.15) is 22.5 Å². The molecule has 0 aliphatic carbocycles. The van der Waals surface area contributed by atoms with Crippen LogP contribution in [0.3, 0.4) is 0 Å². The third kappa shape index (κ3) is 5.01. The van der Waals surface area contributed by atoms with Crippen LogP contribution in [-0.2, 0) is 11.3 Å². The quantitative estimate of drug-likeness (QED) is 0.485. The van der Waals surface area contributed by atoms with E-state index < -0.39 is 5.91 Å². The van der Waals surface area contributed by atoms with Gasteiger partial charge >= 0.3 is 0 Å². The molecule has 2 amide bonds. The van der Waals surface area contributed by atoms with Gasteiger partial charge in [0.2, 0.25) is 5.91 Å². The molecule has 2 aromatic heterocycles. The summed E-state index contributed by atoms with van der Waals surface area (Å²) in [7, 11) is 0. The van der Waals surface area contributed by atoms with Crippen molar-refractivity contribution in [2.75, 3.05) is 10.6 Å². The Balaban J connectivity index is 1.40. The molecule has 4 rings (SSSR count). The van der Waals surface area contributed by atoms with E-state index in [0.29, 0.717) is 10.8 Å². The van der Waals surface area contributed by atoms with Gasteiger partial charge in [-0.1, -0.05) is 35.6 Å². The molecule has 2 heterocycles. The summed E-state index contributed by atoms with van der Waals surface area (Å²) >= 11 is 1.39. The number of carbonyl (C=O) groups excluding carboxylic acids is 2.